The summed E-state index contributed by atoms with van der Waals surface area (Å²) in [6.45, 7) is 0.296. The Bertz CT molecular complexity index is 1020. The lowest BCUT2D eigenvalue weighted by Crippen LogP contribution is -2.32. The number of nitrogens with zero attached hydrogens (tertiary/aromatic N) is 3. The summed E-state index contributed by atoms with van der Waals surface area (Å²) < 4.78 is 37.6. The van der Waals surface area contributed by atoms with Crippen molar-refractivity contribution in [1.82, 2.24) is 19.9 Å². The van der Waals surface area contributed by atoms with E-state index in [1.807, 2.05) is 12.1 Å². The summed E-state index contributed by atoms with van der Waals surface area (Å²) in [5, 5.41) is 1.78. The lowest BCUT2D eigenvalue weighted by molar-refractivity contribution is -0.159. The van der Waals surface area contributed by atoms with Crippen molar-refractivity contribution in [3.63, 3.8) is 0 Å². The molecular formula is C18H15F3N4O. The number of alkyl halides is 3. The maximum absolute atomic E-state index is 12.5. The van der Waals surface area contributed by atoms with Gasteiger partial charge in [-0.3, -0.25) is 4.79 Å². The number of pyridine rings is 2. The van der Waals surface area contributed by atoms with Crippen LogP contribution in [0.1, 0.15) is 24.8 Å². The fourth-order valence-electron chi connectivity index (χ4n) is 3.36. The first-order valence-electron chi connectivity index (χ1n) is 8.20. The van der Waals surface area contributed by atoms with Crippen LogP contribution in [0.3, 0.4) is 0 Å². The van der Waals surface area contributed by atoms with Crippen LogP contribution in [0.5, 0.6) is 0 Å². The van der Waals surface area contributed by atoms with E-state index in [1.165, 1.54) is 4.90 Å². The third kappa shape index (κ3) is 3.02. The predicted molar refractivity (Wildman–Crippen MR) is 91.0 cm³/mol. The van der Waals surface area contributed by atoms with Crippen LogP contribution in [0.25, 0.3) is 27.5 Å². The zero-order valence-electron chi connectivity index (χ0n) is 13.7. The number of hydrogen-bond donors (Lipinski definition) is 1. The molecule has 1 aliphatic rings. The van der Waals surface area contributed by atoms with Crippen molar-refractivity contribution in [3.8, 4) is 0 Å². The number of nitrogens with one attached hydrogen (secondary N) is 1. The second-order valence-corrected chi connectivity index (χ2v) is 6.26. The van der Waals surface area contributed by atoms with E-state index in [9.17, 15) is 18.0 Å². The predicted octanol–water partition coefficient (Wildman–Crippen LogP) is 4.03. The summed E-state index contributed by atoms with van der Waals surface area (Å²) in [4.78, 5) is 24.8. The minimum Gasteiger partial charge on any atom is -0.360 e. The molecule has 0 bridgehead atoms. The molecule has 0 aromatic carbocycles. The molecule has 4 heterocycles. The number of aromatic nitrogens is 3. The topological polar surface area (TPSA) is 61.9 Å². The third-order valence-corrected chi connectivity index (χ3v) is 4.47. The van der Waals surface area contributed by atoms with E-state index < -0.39 is 18.5 Å². The molecule has 0 spiro atoms. The van der Waals surface area contributed by atoms with Gasteiger partial charge in [0.2, 0.25) is 5.91 Å². The zero-order valence-corrected chi connectivity index (χ0v) is 13.7. The maximum atomic E-state index is 12.5. The minimum atomic E-state index is -4.50. The van der Waals surface area contributed by atoms with Gasteiger partial charge >= 0.3 is 6.18 Å². The second-order valence-electron chi connectivity index (χ2n) is 6.26. The molecule has 26 heavy (non-hydrogen) atoms. The number of amides is 1. The largest absolute Gasteiger partial charge is 0.397 e. The van der Waals surface area contributed by atoms with Gasteiger partial charge in [0.25, 0.3) is 0 Å². The van der Waals surface area contributed by atoms with Gasteiger partial charge in [-0.2, -0.15) is 13.2 Å². The van der Waals surface area contributed by atoms with Crippen molar-refractivity contribution in [2.45, 2.75) is 25.4 Å². The second kappa shape index (κ2) is 6.12. The van der Waals surface area contributed by atoms with Gasteiger partial charge in [-0.25, -0.2) is 9.97 Å². The normalized spacial score (nSPS) is 15.5. The average Bonchev–Trinajstić information content (AvgIpc) is 3.09. The highest BCUT2D eigenvalue weighted by molar-refractivity contribution is 6.08. The first kappa shape index (κ1) is 16.6. The zero-order chi connectivity index (χ0) is 18.3. The molecule has 134 valence electrons. The molecule has 1 N–H and O–H groups in total. The van der Waals surface area contributed by atoms with Gasteiger partial charge in [-0.05, 0) is 36.1 Å². The van der Waals surface area contributed by atoms with Gasteiger partial charge in [0.1, 0.15) is 6.42 Å². The Morgan fingerprint density at radius 2 is 2.12 bits per heavy atom. The molecular weight excluding hydrogens is 345 g/mol. The van der Waals surface area contributed by atoms with Crippen LogP contribution < -0.4 is 0 Å². The molecule has 1 aliphatic heterocycles. The van der Waals surface area contributed by atoms with E-state index in [4.69, 9.17) is 0 Å². The molecule has 3 aromatic rings. The summed E-state index contributed by atoms with van der Waals surface area (Å²) in [7, 11) is 0. The van der Waals surface area contributed by atoms with Gasteiger partial charge in [-0.1, -0.05) is 0 Å². The Morgan fingerprint density at radius 1 is 1.27 bits per heavy atom. The summed E-state index contributed by atoms with van der Waals surface area (Å²) in [6.07, 6.45) is 2.02. The number of rotatable bonds is 2. The van der Waals surface area contributed by atoms with Gasteiger partial charge in [0.05, 0.1) is 11.7 Å². The highest BCUT2D eigenvalue weighted by Crippen LogP contribution is 2.34. The van der Waals surface area contributed by atoms with Gasteiger partial charge in [-0.15, -0.1) is 0 Å². The Kier molecular flexibility index (Phi) is 3.90. The molecule has 3 aromatic heterocycles. The van der Waals surface area contributed by atoms with Crippen molar-refractivity contribution in [2.75, 3.05) is 6.54 Å². The van der Waals surface area contributed by atoms with Crippen molar-refractivity contribution >= 4 is 33.4 Å². The van der Waals surface area contributed by atoms with E-state index in [0.29, 0.717) is 25.0 Å². The lowest BCUT2D eigenvalue weighted by Gasteiger charge is -2.26. The van der Waals surface area contributed by atoms with Crippen LogP contribution in [0.4, 0.5) is 13.2 Å². The first-order chi connectivity index (χ1) is 12.4. The monoisotopic (exact) mass is 360 g/mol. The van der Waals surface area contributed by atoms with Crippen LogP contribution in [-0.4, -0.2) is 38.5 Å². The number of allylic oxidation sites excluding steroid dienone is 1. The lowest BCUT2D eigenvalue weighted by atomic mass is 9.95. The fourth-order valence-corrected chi connectivity index (χ4v) is 3.36. The fraction of sp³-hybridized carbons (Fsp3) is 0.278. The highest BCUT2D eigenvalue weighted by Gasteiger charge is 2.33. The Balaban J connectivity index is 1.79. The minimum absolute atomic E-state index is 0.296. The molecule has 0 saturated carbocycles. The van der Waals surface area contributed by atoms with E-state index in [2.05, 4.69) is 15.0 Å². The molecule has 0 radical (unpaired) electrons. The van der Waals surface area contributed by atoms with Crippen LogP contribution in [0.15, 0.2) is 36.9 Å². The Hall–Kier alpha value is -2.90. The standard InChI is InChI=1S/C18H15F3N4O/c19-18(20,21)8-15(26)25-7-1-2-11(10-25)12-3-5-22-14-9-24-17-13(16(12)14)4-6-23-17/h3-6,9-10,22H,1-2,7-8H2. The van der Waals surface area contributed by atoms with E-state index in [0.717, 1.165) is 27.4 Å². The molecule has 0 aliphatic carbocycles. The van der Waals surface area contributed by atoms with Crippen LogP contribution in [0.2, 0.25) is 0 Å². The molecule has 0 saturated heterocycles. The van der Waals surface area contributed by atoms with E-state index in [1.54, 1.807) is 24.8 Å². The number of carbonyl (C=O) groups excluding carboxylic acids is 1. The van der Waals surface area contributed by atoms with Crippen molar-refractivity contribution in [3.05, 3.63) is 42.5 Å². The molecule has 4 rings (SSSR count). The van der Waals surface area contributed by atoms with Crippen LogP contribution in [0, 0.1) is 0 Å². The quantitative estimate of drug-likeness (QED) is 0.751. The summed E-state index contributed by atoms with van der Waals surface area (Å²) >= 11 is 0. The Labute approximate surface area is 146 Å². The molecule has 0 unspecified atom stereocenters. The summed E-state index contributed by atoms with van der Waals surface area (Å²) in [5.41, 5.74) is 3.13. The number of fused-ring (bicyclic) bond motifs is 3. The molecule has 0 fully saturated rings. The van der Waals surface area contributed by atoms with Crippen molar-refractivity contribution in [1.29, 1.82) is 0 Å². The molecule has 0 atom stereocenters. The van der Waals surface area contributed by atoms with Gasteiger partial charge in [0.15, 0.2) is 5.65 Å². The molecule has 5 nitrogen and oxygen atoms in total. The number of aromatic amines is 1. The van der Waals surface area contributed by atoms with E-state index in [-0.39, 0.29) is 0 Å². The molecule has 1 amide bonds. The summed E-state index contributed by atoms with van der Waals surface area (Å²) in [5.74, 6) is -0.928. The number of carbonyl (C=O) groups is 1. The SMILES string of the molecule is O=C(CC(F)(F)F)N1C=C(c2cc[nH]c3cnc4nccc4c23)CCC1. The third-order valence-electron chi connectivity index (χ3n) is 4.47. The summed E-state index contributed by atoms with van der Waals surface area (Å²) in [6, 6.07) is 3.73. The number of halogens is 3. The van der Waals surface area contributed by atoms with Crippen LogP contribution in [-0.2, 0) is 4.79 Å². The first-order valence-corrected chi connectivity index (χ1v) is 8.20. The van der Waals surface area contributed by atoms with Crippen LogP contribution >= 0.6 is 0 Å². The van der Waals surface area contributed by atoms with Crippen molar-refractivity contribution < 1.29 is 18.0 Å². The molecule has 8 heteroatoms. The average molecular weight is 360 g/mol. The Morgan fingerprint density at radius 3 is 2.92 bits per heavy atom. The van der Waals surface area contributed by atoms with E-state index >= 15 is 0 Å². The van der Waals surface area contributed by atoms with Crippen molar-refractivity contribution in [2.24, 2.45) is 0 Å². The maximum Gasteiger partial charge on any atom is 0.397 e. The number of hydrogen-bond acceptors (Lipinski definition) is 3. The smallest absolute Gasteiger partial charge is 0.360 e. The van der Waals surface area contributed by atoms with Gasteiger partial charge in [0, 0.05) is 35.9 Å². The number of H-pyrrole nitrogens is 1. The highest BCUT2D eigenvalue weighted by atomic mass is 19.4. The van der Waals surface area contributed by atoms with Gasteiger partial charge < -0.3 is 9.88 Å².